The number of alkyl halides is 3. The number of aromatic nitrogens is 4. The SMILES string of the molecule is CCc1c(C)ncnc1NCCc1cnn(-c2ccc(OC(F)(F)F)cc2)c1. The average Bonchev–Trinajstić information content (AvgIpc) is 3.10. The van der Waals surface area contributed by atoms with E-state index in [-0.39, 0.29) is 5.75 Å². The van der Waals surface area contributed by atoms with Crippen LogP contribution in [0.2, 0.25) is 0 Å². The van der Waals surface area contributed by atoms with Crippen molar-refractivity contribution in [2.24, 2.45) is 0 Å². The molecule has 0 saturated heterocycles. The van der Waals surface area contributed by atoms with Crippen molar-refractivity contribution in [1.82, 2.24) is 19.7 Å². The van der Waals surface area contributed by atoms with Crippen LogP contribution in [0.25, 0.3) is 5.69 Å². The summed E-state index contributed by atoms with van der Waals surface area (Å²) >= 11 is 0. The van der Waals surface area contributed by atoms with Gasteiger partial charge in [0, 0.05) is 24.0 Å². The Bertz CT molecular complexity index is 922. The standard InChI is InChI=1S/C19H20F3N5O/c1-3-17-13(2)24-12-25-18(17)23-9-8-14-10-26-27(11-14)15-4-6-16(7-5-15)28-19(20,21)22/h4-7,10-12H,3,8-9H2,1-2H3,(H,23,24,25). The van der Waals surface area contributed by atoms with Crippen LogP contribution < -0.4 is 10.1 Å². The Labute approximate surface area is 160 Å². The van der Waals surface area contributed by atoms with Crippen LogP contribution >= 0.6 is 0 Å². The molecule has 3 aromatic rings. The lowest BCUT2D eigenvalue weighted by Crippen LogP contribution is -2.17. The first-order valence-corrected chi connectivity index (χ1v) is 8.80. The summed E-state index contributed by atoms with van der Waals surface area (Å²) in [5.74, 6) is 0.572. The molecule has 28 heavy (non-hydrogen) atoms. The maximum absolute atomic E-state index is 12.2. The predicted octanol–water partition coefficient (Wildman–Crippen LogP) is 4.09. The van der Waals surface area contributed by atoms with Crippen molar-refractivity contribution in [3.63, 3.8) is 0 Å². The second kappa shape index (κ2) is 8.28. The molecule has 0 aliphatic heterocycles. The van der Waals surface area contributed by atoms with Crippen molar-refractivity contribution < 1.29 is 17.9 Å². The maximum Gasteiger partial charge on any atom is 0.573 e. The summed E-state index contributed by atoms with van der Waals surface area (Å²) in [6.07, 6.45) is 1.98. The lowest BCUT2D eigenvalue weighted by molar-refractivity contribution is -0.274. The molecule has 0 atom stereocenters. The Kier molecular flexibility index (Phi) is 5.81. The number of benzene rings is 1. The zero-order chi connectivity index (χ0) is 20.1. The number of ether oxygens (including phenoxy) is 1. The Morgan fingerprint density at radius 3 is 2.57 bits per heavy atom. The Morgan fingerprint density at radius 2 is 1.89 bits per heavy atom. The molecule has 0 spiro atoms. The van der Waals surface area contributed by atoms with Crippen molar-refractivity contribution in [2.45, 2.75) is 33.1 Å². The summed E-state index contributed by atoms with van der Waals surface area (Å²) in [6.45, 7) is 4.69. The Morgan fingerprint density at radius 1 is 1.14 bits per heavy atom. The molecule has 2 aromatic heterocycles. The lowest BCUT2D eigenvalue weighted by atomic mass is 10.1. The lowest BCUT2D eigenvalue weighted by Gasteiger charge is -2.10. The van der Waals surface area contributed by atoms with Gasteiger partial charge in [0.1, 0.15) is 17.9 Å². The molecule has 0 bridgehead atoms. The molecule has 148 valence electrons. The van der Waals surface area contributed by atoms with Crippen molar-refractivity contribution in [2.75, 3.05) is 11.9 Å². The molecule has 6 nitrogen and oxygen atoms in total. The van der Waals surface area contributed by atoms with Crippen LogP contribution in [-0.4, -0.2) is 32.7 Å². The summed E-state index contributed by atoms with van der Waals surface area (Å²) in [6, 6.07) is 5.56. The predicted molar refractivity (Wildman–Crippen MR) is 98.6 cm³/mol. The molecule has 0 unspecified atom stereocenters. The van der Waals surface area contributed by atoms with E-state index in [2.05, 4.69) is 32.0 Å². The highest BCUT2D eigenvalue weighted by atomic mass is 19.4. The third-order valence-corrected chi connectivity index (χ3v) is 4.19. The molecule has 0 saturated carbocycles. The van der Waals surface area contributed by atoms with Crippen LogP contribution in [0, 0.1) is 6.92 Å². The van der Waals surface area contributed by atoms with Gasteiger partial charge in [-0.05, 0) is 49.6 Å². The molecule has 9 heteroatoms. The Hall–Kier alpha value is -3.10. The van der Waals surface area contributed by atoms with E-state index in [1.165, 1.54) is 24.3 Å². The van der Waals surface area contributed by atoms with Crippen LogP contribution in [0.5, 0.6) is 5.75 Å². The fourth-order valence-electron chi connectivity index (χ4n) is 2.83. The third kappa shape index (κ3) is 4.99. The molecule has 1 aromatic carbocycles. The molecule has 0 fully saturated rings. The highest BCUT2D eigenvalue weighted by Gasteiger charge is 2.30. The quantitative estimate of drug-likeness (QED) is 0.657. The van der Waals surface area contributed by atoms with E-state index in [1.807, 2.05) is 13.1 Å². The fourth-order valence-corrected chi connectivity index (χ4v) is 2.83. The smallest absolute Gasteiger partial charge is 0.406 e. The highest BCUT2D eigenvalue weighted by molar-refractivity contribution is 5.45. The molecular weight excluding hydrogens is 371 g/mol. The normalized spacial score (nSPS) is 11.5. The van der Waals surface area contributed by atoms with E-state index in [0.717, 1.165) is 35.5 Å². The first kappa shape index (κ1) is 19.7. The molecule has 1 N–H and O–H groups in total. The number of aryl methyl sites for hydroxylation is 1. The molecule has 3 rings (SSSR count). The van der Waals surface area contributed by atoms with Gasteiger partial charge in [0.25, 0.3) is 0 Å². The summed E-state index contributed by atoms with van der Waals surface area (Å²) in [5.41, 5.74) is 3.70. The Balaban J connectivity index is 1.59. The van der Waals surface area contributed by atoms with Crippen molar-refractivity contribution in [1.29, 1.82) is 0 Å². The van der Waals surface area contributed by atoms with Gasteiger partial charge in [-0.3, -0.25) is 0 Å². The van der Waals surface area contributed by atoms with E-state index < -0.39 is 6.36 Å². The minimum atomic E-state index is -4.70. The van der Waals surface area contributed by atoms with Crippen molar-refractivity contribution >= 4 is 5.82 Å². The maximum atomic E-state index is 12.2. The average molecular weight is 391 g/mol. The number of anilines is 1. The monoisotopic (exact) mass is 391 g/mol. The number of rotatable bonds is 7. The number of hydrogen-bond acceptors (Lipinski definition) is 5. The summed E-state index contributed by atoms with van der Waals surface area (Å²) in [4.78, 5) is 8.50. The first-order valence-electron chi connectivity index (χ1n) is 8.80. The van der Waals surface area contributed by atoms with Crippen LogP contribution in [0.15, 0.2) is 43.0 Å². The van der Waals surface area contributed by atoms with Gasteiger partial charge in [-0.15, -0.1) is 13.2 Å². The van der Waals surface area contributed by atoms with E-state index in [1.54, 1.807) is 17.2 Å². The number of nitrogens with one attached hydrogen (secondary N) is 1. The third-order valence-electron chi connectivity index (χ3n) is 4.19. The van der Waals surface area contributed by atoms with Crippen LogP contribution in [0.1, 0.15) is 23.7 Å². The minimum Gasteiger partial charge on any atom is -0.406 e. The highest BCUT2D eigenvalue weighted by Crippen LogP contribution is 2.23. The van der Waals surface area contributed by atoms with Gasteiger partial charge >= 0.3 is 6.36 Å². The van der Waals surface area contributed by atoms with E-state index >= 15 is 0 Å². The summed E-state index contributed by atoms with van der Waals surface area (Å²) < 4.78 is 42.2. The first-order chi connectivity index (χ1) is 13.4. The molecule has 0 aliphatic rings. The number of hydrogen-bond donors (Lipinski definition) is 1. The summed E-state index contributed by atoms with van der Waals surface area (Å²) in [5, 5.41) is 7.58. The van der Waals surface area contributed by atoms with E-state index in [4.69, 9.17) is 0 Å². The molecule has 2 heterocycles. The minimum absolute atomic E-state index is 0.264. The van der Waals surface area contributed by atoms with Gasteiger partial charge in [0.05, 0.1) is 11.9 Å². The van der Waals surface area contributed by atoms with E-state index in [9.17, 15) is 13.2 Å². The van der Waals surface area contributed by atoms with Gasteiger partial charge < -0.3 is 10.1 Å². The van der Waals surface area contributed by atoms with Crippen molar-refractivity contribution in [3.05, 3.63) is 59.8 Å². The van der Waals surface area contributed by atoms with Crippen LogP contribution in [-0.2, 0) is 12.8 Å². The van der Waals surface area contributed by atoms with Gasteiger partial charge in [-0.2, -0.15) is 5.10 Å². The summed E-state index contributed by atoms with van der Waals surface area (Å²) in [7, 11) is 0. The zero-order valence-electron chi connectivity index (χ0n) is 15.5. The second-order valence-corrected chi connectivity index (χ2v) is 6.15. The fraction of sp³-hybridized carbons (Fsp3) is 0.316. The van der Waals surface area contributed by atoms with Gasteiger partial charge in [-0.25, -0.2) is 14.6 Å². The number of halogens is 3. The molecule has 0 radical (unpaired) electrons. The van der Waals surface area contributed by atoms with Gasteiger partial charge in [0.15, 0.2) is 0 Å². The largest absolute Gasteiger partial charge is 0.573 e. The zero-order valence-corrected chi connectivity index (χ0v) is 15.5. The van der Waals surface area contributed by atoms with E-state index in [0.29, 0.717) is 12.2 Å². The molecule has 0 amide bonds. The molecular formula is C19H20F3N5O. The van der Waals surface area contributed by atoms with Crippen molar-refractivity contribution in [3.8, 4) is 11.4 Å². The molecule has 0 aliphatic carbocycles. The topological polar surface area (TPSA) is 64.9 Å². The van der Waals surface area contributed by atoms with Gasteiger partial charge in [-0.1, -0.05) is 6.92 Å². The number of nitrogens with zero attached hydrogens (tertiary/aromatic N) is 4. The van der Waals surface area contributed by atoms with Crippen LogP contribution in [0.4, 0.5) is 19.0 Å². The van der Waals surface area contributed by atoms with Crippen LogP contribution in [0.3, 0.4) is 0 Å². The van der Waals surface area contributed by atoms with Gasteiger partial charge in [0.2, 0.25) is 0 Å². The second-order valence-electron chi connectivity index (χ2n) is 6.15.